The number of nitrogens with zero attached hydrogens (tertiary/aromatic N) is 3. The summed E-state index contributed by atoms with van der Waals surface area (Å²) >= 11 is 5.76. The molecule has 0 radical (unpaired) electrons. The Kier molecular flexibility index (Phi) is 7.17. The number of benzene rings is 2. The predicted octanol–water partition coefficient (Wildman–Crippen LogP) is 5.45. The second kappa shape index (κ2) is 10.6. The van der Waals surface area contributed by atoms with Gasteiger partial charge in [0.15, 0.2) is 0 Å². The molecule has 2 heterocycles. The van der Waals surface area contributed by atoms with Crippen LogP contribution in [-0.4, -0.2) is 32.6 Å². The molecule has 0 spiro atoms. The highest BCUT2D eigenvalue weighted by molar-refractivity contribution is 6.29. The third-order valence-corrected chi connectivity index (χ3v) is 5.06. The maximum atomic E-state index is 13.4. The van der Waals surface area contributed by atoms with Gasteiger partial charge >= 0.3 is 0 Å². The van der Waals surface area contributed by atoms with E-state index in [1.807, 2.05) is 66.7 Å². The van der Waals surface area contributed by atoms with Gasteiger partial charge in [-0.1, -0.05) is 66.7 Å². The van der Waals surface area contributed by atoms with Gasteiger partial charge in [0.25, 0.3) is 5.91 Å². The monoisotopic (exact) mass is 458 g/mol. The summed E-state index contributed by atoms with van der Waals surface area (Å²) in [5.41, 5.74) is 4.00. The topological polar surface area (TPSA) is 71.1 Å². The van der Waals surface area contributed by atoms with Crippen molar-refractivity contribution in [3.63, 3.8) is 0 Å². The van der Waals surface area contributed by atoms with Crippen molar-refractivity contribution in [3.05, 3.63) is 114 Å². The molecule has 1 amide bonds. The lowest BCUT2D eigenvalue weighted by atomic mass is 10.1. The summed E-state index contributed by atoms with van der Waals surface area (Å²) in [6.45, 7) is 4.69. The number of rotatable bonds is 9. The maximum absolute atomic E-state index is 13.4. The first-order valence-electron chi connectivity index (χ1n) is 10.4. The van der Waals surface area contributed by atoms with Crippen molar-refractivity contribution >= 4 is 17.5 Å². The van der Waals surface area contributed by atoms with Crippen LogP contribution in [0, 0.1) is 0 Å². The van der Waals surface area contributed by atoms with Gasteiger partial charge in [-0.05, 0) is 35.4 Å². The first kappa shape index (κ1) is 22.3. The number of carbonyl (C=O) groups is 1. The van der Waals surface area contributed by atoms with Gasteiger partial charge in [0.1, 0.15) is 18.1 Å². The highest BCUT2D eigenvalue weighted by Crippen LogP contribution is 2.20. The van der Waals surface area contributed by atoms with E-state index in [-0.39, 0.29) is 12.5 Å². The summed E-state index contributed by atoms with van der Waals surface area (Å²) in [5.74, 6) is 0.541. The van der Waals surface area contributed by atoms with E-state index in [1.165, 1.54) is 0 Å². The molecule has 0 atom stereocenters. The molecule has 4 aromatic rings. The molecular weight excluding hydrogens is 436 g/mol. The zero-order valence-electron chi connectivity index (χ0n) is 17.9. The fraction of sp³-hybridized carbons (Fsp3) is 0.115. The van der Waals surface area contributed by atoms with Gasteiger partial charge in [-0.2, -0.15) is 5.10 Å². The molecule has 0 saturated heterocycles. The second-order valence-corrected chi connectivity index (χ2v) is 8.04. The van der Waals surface area contributed by atoms with E-state index in [2.05, 4.69) is 21.8 Å². The fourth-order valence-corrected chi connectivity index (χ4v) is 3.40. The predicted molar refractivity (Wildman–Crippen MR) is 129 cm³/mol. The standard InChI is InChI=1S/C26H23ClN4O2/c1-19(27)18-33-23-11-9-20(10-12-23)16-31(17-21-6-5-13-28-15-21)26(32)25-14-24(29-30-25)22-7-3-2-4-8-22/h2-15H,1,16-18H2,(H,29,30). The molecule has 33 heavy (non-hydrogen) atoms. The van der Waals surface area contributed by atoms with Gasteiger partial charge in [0.2, 0.25) is 0 Å². The van der Waals surface area contributed by atoms with E-state index in [0.29, 0.717) is 29.6 Å². The summed E-state index contributed by atoms with van der Waals surface area (Å²) < 4.78 is 5.55. The number of amides is 1. The molecular formula is C26H23ClN4O2. The highest BCUT2D eigenvalue weighted by atomic mass is 35.5. The lowest BCUT2D eigenvalue weighted by molar-refractivity contribution is 0.0724. The Morgan fingerprint density at radius 3 is 2.45 bits per heavy atom. The van der Waals surface area contributed by atoms with Crippen LogP contribution in [0.5, 0.6) is 5.75 Å². The zero-order valence-corrected chi connectivity index (χ0v) is 18.7. The lowest BCUT2D eigenvalue weighted by Crippen LogP contribution is -2.30. The lowest BCUT2D eigenvalue weighted by Gasteiger charge is -2.22. The van der Waals surface area contributed by atoms with Gasteiger partial charge < -0.3 is 9.64 Å². The van der Waals surface area contributed by atoms with E-state index in [0.717, 1.165) is 22.4 Å². The molecule has 6 nitrogen and oxygen atoms in total. The number of halogens is 1. The molecule has 0 aliphatic heterocycles. The number of H-pyrrole nitrogens is 1. The van der Waals surface area contributed by atoms with E-state index in [4.69, 9.17) is 16.3 Å². The van der Waals surface area contributed by atoms with E-state index in [1.54, 1.807) is 23.4 Å². The third-order valence-electron chi connectivity index (χ3n) is 4.95. The fourth-order valence-electron chi connectivity index (χ4n) is 3.34. The number of hydrogen-bond donors (Lipinski definition) is 1. The summed E-state index contributed by atoms with van der Waals surface area (Å²) in [4.78, 5) is 19.4. The van der Waals surface area contributed by atoms with Gasteiger partial charge in [0, 0.05) is 36.1 Å². The van der Waals surface area contributed by atoms with Crippen LogP contribution in [0.2, 0.25) is 0 Å². The number of aromatic nitrogens is 3. The molecule has 1 N–H and O–H groups in total. The average Bonchev–Trinajstić information content (AvgIpc) is 3.34. The quantitative estimate of drug-likeness (QED) is 0.362. The molecule has 2 aromatic heterocycles. The minimum absolute atomic E-state index is 0.146. The molecule has 7 heteroatoms. The molecule has 0 aliphatic rings. The number of nitrogens with one attached hydrogen (secondary N) is 1. The van der Waals surface area contributed by atoms with Crippen LogP contribution in [0.25, 0.3) is 11.3 Å². The third kappa shape index (κ3) is 6.08. The summed E-state index contributed by atoms with van der Waals surface area (Å²) in [5, 5.41) is 7.66. The Bertz CT molecular complexity index is 1210. The minimum Gasteiger partial charge on any atom is -0.488 e. The Hall–Kier alpha value is -3.90. The molecule has 2 aromatic carbocycles. The number of aromatic amines is 1. The van der Waals surface area contributed by atoms with Crippen LogP contribution in [-0.2, 0) is 13.1 Å². The molecule has 0 aliphatic carbocycles. The first-order chi connectivity index (χ1) is 16.1. The first-order valence-corrected chi connectivity index (χ1v) is 10.8. The number of pyridine rings is 1. The van der Waals surface area contributed by atoms with Crippen LogP contribution >= 0.6 is 11.6 Å². The zero-order chi connectivity index (χ0) is 23.0. The number of carbonyl (C=O) groups excluding carboxylic acids is 1. The Labute approximate surface area is 197 Å². The Morgan fingerprint density at radius 2 is 1.76 bits per heavy atom. The van der Waals surface area contributed by atoms with Crippen LogP contribution in [0.1, 0.15) is 21.6 Å². The summed E-state index contributed by atoms with van der Waals surface area (Å²) in [6, 6.07) is 22.9. The van der Waals surface area contributed by atoms with E-state index < -0.39 is 0 Å². The van der Waals surface area contributed by atoms with E-state index >= 15 is 0 Å². The largest absolute Gasteiger partial charge is 0.488 e. The van der Waals surface area contributed by atoms with Gasteiger partial charge in [-0.3, -0.25) is 14.9 Å². The molecule has 0 saturated carbocycles. The summed E-state index contributed by atoms with van der Waals surface area (Å²) in [6.07, 6.45) is 3.48. The van der Waals surface area contributed by atoms with Crippen molar-refractivity contribution in [3.8, 4) is 17.0 Å². The molecule has 0 unspecified atom stereocenters. The van der Waals surface area contributed by atoms with Crippen molar-refractivity contribution in [2.45, 2.75) is 13.1 Å². The molecule has 4 rings (SSSR count). The Balaban J connectivity index is 1.54. The van der Waals surface area contributed by atoms with Crippen LogP contribution in [0.4, 0.5) is 0 Å². The molecule has 0 bridgehead atoms. The maximum Gasteiger partial charge on any atom is 0.272 e. The Morgan fingerprint density at radius 1 is 1.00 bits per heavy atom. The van der Waals surface area contributed by atoms with Crippen LogP contribution in [0.15, 0.2) is 96.8 Å². The van der Waals surface area contributed by atoms with Crippen molar-refractivity contribution in [2.24, 2.45) is 0 Å². The van der Waals surface area contributed by atoms with Crippen molar-refractivity contribution < 1.29 is 9.53 Å². The summed E-state index contributed by atoms with van der Waals surface area (Å²) in [7, 11) is 0. The van der Waals surface area contributed by atoms with Gasteiger partial charge in [-0.15, -0.1) is 0 Å². The van der Waals surface area contributed by atoms with Gasteiger partial charge in [-0.25, -0.2) is 0 Å². The van der Waals surface area contributed by atoms with Gasteiger partial charge in [0.05, 0.1) is 5.69 Å². The minimum atomic E-state index is -0.146. The van der Waals surface area contributed by atoms with Crippen LogP contribution in [0.3, 0.4) is 0 Å². The smallest absolute Gasteiger partial charge is 0.272 e. The van der Waals surface area contributed by atoms with Crippen molar-refractivity contribution in [1.82, 2.24) is 20.1 Å². The SMILES string of the molecule is C=C(Cl)COc1ccc(CN(Cc2cccnc2)C(=O)c2cc(-c3ccccc3)n[nH]2)cc1. The van der Waals surface area contributed by atoms with Crippen molar-refractivity contribution in [2.75, 3.05) is 6.61 Å². The second-order valence-electron chi connectivity index (χ2n) is 7.51. The molecule has 0 fully saturated rings. The van der Waals surface area contributed by atoms with E-state index in [9.17, 15) is 4.79 Å². The van der Waals surface area contributed by atoms with Crippen molar-refractivity contribution in [1.29, 1.82) is 0 Å². The number of ether oxygens (including phenoxy) is 1. The normalized spacial score (nSPS) is 10.6. The average molecular weight is 459 g/mol. The highest BCUT2D eigenvalue weighted by Gasteiger charge is 2.20. The molecule has 166 valence electrons. The van der Waals surface area contributed by atoms with Crippen LogP contribution < -0.4 is 4.74 Å². The number of hydrogen-bond acceptors (Lipinski definition) is 4.